The molecule has 4 aromatic rings. The van der Waals surface area contributed by atoms with Crippen molar-refractivity contribution < 1.29 is 14.9 Å². The predicted molar refractivity (Wildman–Crippen MR) is 120 cm³/mol. The Hall–Kier alpha value is -4.31. The molecule has 0 aliphatic heterocycles. The van der Waals surface area contributed by atoms with E-state index in [0.717, 1.165) is 22.6 Å². The van der Waals surface area contributed by atoms with Crippen molar-refractivity contribution in [2.75, 3.05) is 7.11 Å². The second-order valence-corrected chi connectivity index (χ2v) is 7.33. The summed E-state index contributed by atoms with van der Waals surface area (Å²) in [6, 6.07) is 20.0. The number of phenols is 2. The molecule has 0 unspecified atom stereocenters. The number of aryl methyl sites for hydroxylation is 1. The van der Waals surface area contributed by atoms with Crippen LogP contribution in [0.5, 0.6) is 17.2 Å². The fourth-order valence-corrected chi connectivity index (χ4v) is 3.59. The number of rotatable bonds is 6. The van der Waals surface area contributed by atoms with Gasteiger partial charge in [0.15, 0.2) is 0 Å². The molecule has 1 aromatic heterocycles. The molecule has 160 valence electrons. The fourth-order valence-electron chi connectivity index (χ4n) is 3.59. The number of aromatic nitrogens is 3. The van der Waals surface area contributed by atoms with Crippen LogP contribution in [0.1, 0.15) is 23.6 Å². The van der Waals surface area contributed by atoms with E-state index in [4.69, 9.17) is 10.00 Å². The van der Waals surface area contributed by atoms with E-state index in [1.807, 2.05) is 43.3 Å². The molecule has 0 spiro atoms. The van der Waals surface area contributed by atoms with E-state index in [1.165, 1.54) is 6.07 Å². The summed E-state index contributed by atoms with van der Waals surface area (Å²) in [4.78, 5) is 0. The number of methoxy groups -OCH3 is 1. The summed E-state index contributed by atoms with van der Waals surface area (Å²) < 4.78 is 7.04. The van der Waals surface area contributed by atoms with Crippen molar-refractivity contribution in [3.05, 3.63) is 77.4 Å². The van der Waals surface area contributed by atoms with Crippen molar-refractivity contribution in [2.45, 2.75) is 19.9 Å². The van der Waals surface area contributed by atoms with Crippen LogP contribution in [0.3, 0.4) is 0 Å². The quantitative estimate of drug-likeness (QED) is 0.470. The van der Waals surface area contributed by atoms with Crippen molar-refractivity contribution in [3.63, 3.8) is 0 Å². The minimum absolute atomic E-state index is 0.0460. The van der Waals surface area contributed by atoms with E-state index in [-0.39, 0.29) is 11.5 Å². The summed E-state index contributed by atoms with van der Waals surface area (Å²) >= 11 is 0. The van der Waals surface area contributed by atoms with Crippen LogP contribution in [0.4, 0.5) is 0 Å². The SMILES string of the molecule is CCc1cc(-c2nnn(Cc3ccc(C#N)cc3)c2-c2ccc(OC)cc2)c(O)cc1O. The molecule has 7 heteroatoms. The Labute approximate surface area is 185 Å². The number of benzene rings is 3. The Morgan fingerprint density at radius 1 is 1.00 bits per heavy atom. The molecule has 0 aliphatic rings. The summed E-state index contributed by atoms with van der Waals surface area (Å²) in [5.74, 6) is 0.701. The van der Waals surface area contributed by atoms with Gasteiger partial charge in [-0.1, -0.05) is 24.3 Å². The zero-order valence-corrected chi connectivity index (χ0v) is 17.8. The van der Waals surface area contributed by atoms with Gasteiger partial charge in [-0.15, -0.1) is 5.10 Å². The Balaban J connectivity index is 1.86. The Bertz CT molecular complexity index is 1290. The highest BCUT2D eigenvalue weighted by Gasteiger charge is 2.21. The first kappa shape index (κ1) is 20.9. The zero-order chi connectivity index (χ0) is 22.7. The smallest absolute Gasteiger partial charge is 0.128 e. The molecule has 0 amide bonds. The molecule has 0 atom stereocenters. The van der Waals surface area contributed by atoms with E-state index in [0.29, 0.717) is 35.3 Å². The van der Waals surface area contributed by atoms with Crippen LogP contribution in [0.25, 0.3) is 22.5 Å². The maximum Gasteiger partial charge on any atom is 0.128 e. The second-order valence-electron chi connectivity index (χ2n) is 7.33. The number of hydrogen-bond acceptors (Lipinski definition) is 6. The van der Waals surface area contributed by atoms with Crippen molar-refractivity contribution >= 4 is 0 Å². The topological polar surface area (TPSA) is 104 Å². The van der Waals surface area contributed by atoms with Crippen molar-refractivity contribution in [3.8, 4) is 45.8 Å². The van der Waals surface area contributed by atoms with Crippen LogP contribution in [-0.2, 0) is 13.0 Å². The Kier molecular flexibility index (Phi) is 5.77. The van der Waals surface area contributed by atoms with Gasteiger partial charge < -0.3 is 14.9 Å². The van der Waals surface area contributed by atoms with Gasteiger partial charge in [0.25, 0.3) is 0 Å². The number of phenolic OH excluding ortho intramolecular Hbond substituents is 2. The van der Waals surface area contributed by atoms with Crippen molar-refractivity contribution in [2.24, 2.45) is 0 Å². The van der Waals surface area contributed by atoms with Gasteiger partial charge in [0.05, 0.1) is 31.0 Å². The Morgan fingerprint density at radius 2 is 1.72 bits per heavy atom. The first-order chi connectivity index (χ1) is 15.5. The van der Waals surface area contributed by atoms with E-state index in [9.17, 15) is 10.2 Å². The summed E-state index contributed by atoms with van der Waals surface area (Å²) in [6.45, 7) is 2.36. The molecule has 0 fully saturated rings. The highest BCUT2D eigenvalue weighted by atomic mass is 16.5. The lowest BCUT2D eigenvalue weighted by Gasteiger charge is -2.12. The van der Waals surface area contributed by atoms with Gasteiger partial charge in [0.2, 0.25) is 0 Å². The fraction of sp³-hybridized carbons (Fsp3) is 0.160. The molecule has 3 aromatic carbocycles. The summed E-state index contributed by atoms with van der Waals surface area (Å²) in [6.07, 6.45) is 0.608. The first-order valence-corrected chi connectivity index (χ1v) is 10.2. The molecule has 0 saturated carbocycles. The standard InChI is InChI=1S/C25H22N4O3/c1-3-18-12-21(23(31)13-22(18)30)24-25(19-8-10-20(32-2)11-9-19)29(28-27-24)15-17-6-4-16(14-26)5-7-17/h4-13,30-31H,3,15H2,1-2H3. The van der Waals surface area contributed by atoms with Crippen LogP contribution in [0, 0.1) is 11.3 Å². The normalized spacial score (nSPS) is 10.7. The highest BCUT2D eigenvalue weighted by Crippen LogP contribution is 2.39. The molecule has 32 heavy (non-hydrogen) atoms. The Morgan fingerprint density at radius 3 is 2.34 bits per heavy atom. The largest absolute Gasteiger partial charge is 0.508 e. The summed E-state index contributed by atoms with van der Waals surface area (Å²) in [5, 5.41) is 38.5. The minimum atomic E-state index is -0.0696. The molecular weight excluding hydrogens is 404 g/mol. The number of nitriles is 1. The maximum atomic E-state index is 10.6. The van der Waals surface area contributed by atoms with Crippen LogP contribution < -0.4 is 4.74 Å². The van der Waals surface area contributed by atoms with Crippen LogP contribution in [-0.4, -0.2) is 32.3 Å². The highest BCUT2D eigenvalue weighted by molar-refractivity contribution is 5.82. The molecule has 0 bridgehead atoms. The average molecular weight is 426 g/mol. The van der Waals surface area contributed by atoms with E-state index >= 15 is 0 Å². The van der Waals surface area contributed by atoms with Crippen LogP contribution >= 0.6 is 0 Å². The second kappa shape index (κ2) is 8.82. The third-order valence-corrected chi connectivity index (χ3v) is 5.35. The van der Waals surface area contributed by atoms with Gasteiger partial charge >= 0.3 is 0 Å². The van der Waals surface area contributed by atoms with Gasteiger partial charge in [0.1, 0.15) is 22.9 Å². The van der Waals surface area contributed by atoms with Crippen LogP contribution in [0.15, 0.2) is 60.7 Å². The number of nitrogens with zero attached hydrogens (tertiary/aromatic N) is 4. The first-order valence-electron chi connectivity index (χ1n) is 10.2. The molecule has 0 aliphatic carbocycles. The van der Waals surface area contributed by atoms with Crippen molar-refractivity contribution in [1.29, 1.82) is 5.26 Å². The summed E-state index contributed by atoms with van der Waals surface area (Å²) in [5.41, 5.74) is 4.83. The lowest BCUT2D eigenvalue weighted by molar-refractivity contribution is 0.415. The van der Waals surface area contributed by atoms with Crippen molar-refractivity contribution in [1.82, 2.24) is 15.0 Å². The van der Waals surface area contributed by atoms with E-state index < -0.39 is 0 Å². The molecule has 1 heterocycles. The summed E-state index contributed by atoms with van der Waals surface area (Å²) in [7, 11) is 1.61. The van der Waals surface area contributed by atoms with Gasteiger partial charge in [-0.3, -0.25) is 0 Å². The van der Waals surface area contributed by atoms with E-state index in [1.54, 1.807) is 30.0 Å². The molecule has 7 nitrogen and oxygen atoms in total. The van der Waals surface area contributed by atoms with Gasteiger partial charge in [-0.05, 0) is 60.0 Å². The number of ether oxygens (including phenoxy) is 1. The number of hydrogen-bond donors (Lipinski definition) is 2. The monoisotopic (exact) mass is 426 g/mol. The lowest BCUT2D eigenvalue weighted by Crippen LogP contribution is -2.04. The maximum absolute atomic E-state index is 10.6. The number of aromatic hydroxyl groups is 2. The molecule has 4 rings (SSSR count). The van der Waals surface area contributed by atoms with E-state index in [2.05, 4.69) is 16.4 Å². The predicted octanol–water partition coefficient (Wildman–Crippen LogP) is 4.51. The molecule has 2 N–H and O–H groups in total. The molecule has 0 radical (unpaired) electrons. The molecular formula is C25H22N4O3. The lowest BCUT2D eigenvalue weighted by atomic mass is 10.00. The third kappa shape index (κ3) is 3.98. The average Bonchev–Trinajstić information content (AvgIpc) is 3.23. The van der Waals surface area contributed by atoms with Crippen LogP contribution in [0.2, 0.25) is 0 Å². The third-order valence-electron chi connectivity index (χ3n) is 5.35. The molecule has 0 saturated heterocycles. The zero-order valence-electron chi connectivity index (χ0n) is 17.8. The van der Waals surface area contributed by atoms with Gasteiger partial charge in [0, 0.05) is 17.2 Å². The van der Waals surface area contributed by atoms with Gasteiger partial charge in [-0.25, -0.2) is 4.68 Å². The minimum Gasteiger partial charge on any atom is -0.508 e. The van der Waals surface area contributed by atoms with Gasteiger partial charge in [-0.2, -0.15) is 5.26 Å².